The van der Waals surface area contributed by atoms with Gasteiger partial charge in [-0.25, -0.2) is 4.98 Å². The molecule has 0 spiro atoms. The van der Waals surface area contributed by atoms with Crippen molar-refractivity contribution < 1.29 is 5.11 Å². The molecule has 1 fully saturated rings. The molecular formula is C15H19NOS3. The third-order valence-corrected chi connectivity index (χ3v) is 7.59. The molecule has 0 amide bonds. The second kappa shape index (κ2) is 6.26. The van der Waals surface area contributed by atoms with E-state index in [9.17, 15) is 5.11 Å². The average Bonchev–Trinajstić information content (AvgIpc) is 2.89. The van der Waals surface area contributed by atoms with E-state index < -0.39 is 5.60 Å². The Morgan fingerprint density at radius 3 is 3.05 bits per heavy atom. The van der Waals surface area contributed by atoms with Gasteiger partial charge in [-0.2, -0.15) is 11.8 Å². The molecule has 20 heavy (non-hydrogen) atoms. The zero-order valence-electron chi connectivity index (χ0n) is 11.5. The van der Waals surface area contributed by atoms with E-state index in [4.69, 9.17) is 0 Å². The molecule has 3 rings (SSSR count). The Labute approximate surface area is 132 Å². The summed E-state index contributed by atoms with van der Waals surface area (Å²) >= 11 is 5.25. The summed E-state index contributed by atoms with van der Waals surface area (Å²) in [6, 6.07) is 8.23. The van der Waals surface area contributed by atoms with Gasteiger partial charge in [0, 0.05) is 11.0 Å². The predicted molar refractivity (Wildman–Crippen MR) is 91.1 cm³/mol. The van der Waals surface area contributed by atoms with Gasteiger partial charge in [-0.15, -0.1) is 11.3 Å². The highest BCUT2D eigenvalue weighted by Gasteiger charge is 2.38. The number of benzene rings is 1. The molecule has 5 heteroatoms. The Morgan fingerprint density at radius 2 is 2.25 bits per heavy atom. The van der Waals surface area contributed by atoms with E-state index in [1.807, 2.05) is 23.9 Å². The third-order valence-electron chi connectivity index (χ3n) is 3.93. The Hall–Kier alpha value is -0.230. The summed E-state index contributed by atoms with van der Waals surface area (Å²) < 4.78 is 2.30. The van der Waals surface area contributed by atoms with Crippen LogP contribution in [0.2, 0.25) is 0 Å². The summed E-state index contributed by atoms with van der Waals surface area (Å²) in [6.07, 6.45) is 6.57. The lowest BCUT2D eigenvalue weighted by atomic mass is 9.86. The first-order valence-corrected chi connectivity index (χ1v) is 10.0. The number of aliphatic hydroxyl groups is 1. The molecule has 1 saturated carbocycles. The smallest absolute Gasteiger partial charge is 0.151 e. The minimum atomic E-state index is -0.528. The van der Waals surface area contributed by atoms with Gasteiger partial charge in [-0.3, -0.25) is 0 Å². The molecule has 2 aromatic rings. The topological polar surface area (TPSA) is 33.1 Å². The van der Waals surface area contributed by atoms with Crippen LogP contribution in [-0.4, -0.2) is 33.0 Å². The number of hydrogen-bond acceptors (Lipinski definition) is 5. The Morgan fingerprint density at radius 1 is 1.40 bits per heavy atom. The van der Waals surface area contributed by atoms with E-state index in [1.165, 1.54) is 11.1 Å². The van der Waals surface area contributed by atoms with E-state index >= 15 is 0 Å². The van der Waals surface area contributed by atoms with Gasteiger partial charge in [-0.05, 0) is 31.2 Å². The number of fused-ring (bicyclic) bond motifs is 1. The molecule has 1 aromatic carbocycles. The molecule has 108 valence electrons. The minimum absolute atomic E-state index is 0.373. The fourth-order valence-electron chi connectivity index (χ4n) is 2.79. The highest BCUT2D eigenvalue weighted by Crippen LogP contribution is 2.40. The summed E-state index contributed by atoms with van der Waals surface area (Å²) in [5.41, 5.74) is 0.539. The lowest BCUT2D eigenvalue weighted by molar-refractivity contribution is 0.0341. The number of thioether (sulfide) groups is 2. The fraction of sp³-hybridized carbons (Fsp3) is 0.533. The summed E-state index contributed by atoms with van der Waals surface area (Å²) in [4.78, 5) is 4.64. The van der Waals surface area contributed by atoms with Gasteiger partial charge >= 0.3 is 0 Å². The molecular weight excluding hydrogens is 306 g/mol. The minimum Gasteiger partial charge on any atom is -0.388 e. The van der Waals surface area contributed by atoms with Crippen molar-refractivity contribution >= 4 is 45.1 Å². The third kappa shape index (κ3) is 3.01. The van der Waals surface area contributed by atoms with Crippen molar-refractivity contribution in [2.24, 2.45) is 0 Å². The molecule has 2 nitrogen and oxygen atoms in total. The molecule has 1 aliphatic carbocycles. The van der Waals surface area contributed by atoms with E-state index in [0.29, 0.717) is 5.25 Å². The Balaban J connectivity index is 1.71. The van der Waals surface area contributed by atoms with Crippen LogP contribution in [0.1, 0.15) is 25.7 Å². The van der Waals surface area contributed by atoms with Crippen molar-refractivity contribution in [2.75, 3.05) is 12.0 Å². The van der Waals surface area contributed by atoms with Crippen LogP contribution in [0.3, 0.4) is 0 Å². The molecule has 0 unspecified atom stereocenters. The number of hydrogen-bond donors (Lipinski definition) is 1. The monoisotopic (exact) mass is 325 g/mol. The molecule has 0 aliphatic heterocycles. The average molecular weight is 326 g/mol. The van der Waals surface area contributed by atoms with Crippen molar-refractivity contribution in [3.05, 3.63) is 24.3 Å². The second-order valence-electron chi connectivity index (χ2n) is 5.31. The highest BCUT2D eigenvalue weighted by molar-refractivity contribution is 8.01. The molecule has 2 atom stereocenters. The molecule has 0 saturated heterocycles. The van der Waals surface area contributed by atoms with Gasteiger partial charge in [0.15, 0.2) is 4.34 Å². The van der Waals surface area contributed by atoms with Crippen molar-refractivity contribution in [1.29, 1.82) is 0 Å². The molecule has 0 radical (unpaired) electrons. The van der Waals surface area contributed by atoms with Crippen LogP contribution < -0.4 is 0 Å². The largest absolute Gasteiger partial charge is 0.388 e. The molecule has 1 aliphatic rings. The number of rotatable bonds is 4. The zero-order valence-corrected chi connectivity index (χ0v) is 14.0. The zero-order chi connectivity index (χ0) is 14.0. The number of aromatic nitrogens is 1. The molecule has 1 heterocycles. The maximum absolute atomic E-state index is 10.9. The van der Waals surface area contributed by atoms with E-state index in [1.54, 1.807) is 23.1 Å². The SMILES string of the molecule is CS[C@H]1CCCC[C@@]1(O)CSc1nc2ccccc2s1. The van der Waals surface area contributed by atoms with Crippen molar-refractivity contribution in [1.82, 2.24) is 4.98 Å². The van der Waals surface area contributed by atoms with Crippen LogP contribution in [0.15, 0.2) is 28.6 Å². The first kappa shape index (κ1) is 14.7. The summed E-state index contributed by atoms with van der Waals surface area (Å²) in [5, 5.41) is 11.3. The maximum Gasteiger partial charge on any atom is 0.151 e. The van der Waals surface area contributed by atoms with Gasteiger partial charge in [-0.1, -0.05) is 36.7 Å². The first-order valence-electron chi connectivity index (χ1n) is 6.95. The summed E-state index contributed by atoms with van der Waals surface area (Å²) in [7, 11) is 0. The van der Waals surface area contributed by atoms with Crippen molar-refractivity contribution in [2.45, 2.75) is 40.9 Å². The normalized spacial score (nSPS) is 27.0. The quantitative estimate of drug-likeness (QED) is 0.843. The fourth-order valence-corrected chi connectivity index (χ4v) is 6.20. The maximum atomic E-state index is 10.9. The lowest BCUT2D eigenvalue weighted by Crippen LogP contribution is -2.45. The number of para-hydroxylation sites is 1. The van der Waals surface area contributed by atoms with Crippen LogP contribution in [0.5, 0.6) is 0 Å². The van der Waals surface area contributed by atoms with Crippen LogP contribution >= 0.6 is 34.9 Å². The lowest BCUT2D eigenvalue weighted by Gasteiger charge is -2.38. The van der Waals surface area contributed by atoms with E-state index in [2.05, 4.69) is 23.4 Å². The van der Waals surface area contributed by atoms with Crippen LogP contribution in [0, 0.1) is 0 Å². The van der Waals surface area contributed by atoms with Crippen LogP contribution in [0.25, 0.3) is 10.2 Å². The summed E-state index contributed by atoms with van der Waals surface area (Å²) in [5.74, 6) is 0.762. The first-order chi connectivity index (χ1) is 9.71. The molecule has 1 aromatic heterocycles. The van der Waals surface area contributed by atoms with Gasteiger partial charge in [0.25, 0.3) is 0 Å². The number of thiazole rings is 1. The summed E-state index contributed by atoms with van der Waals surface area (Å²) in [6.45, 7) is 0. The standard InChI is InChI=1S/C15H19NOS3/c1-18-13-8-4-5-9-15(13,17)10-19-14-16-11-6-2-3-7-12(11)20-14/h2-3,6-7,13,17H,4-5,8-10H2,1H3/t13-,15+/m0/s1. The van der Waals surface area contributed by atoms with Gasteiger partial charge in [0.1, 0.15) is 0 Å². The Bertz CT molecular complexity index is 552. The second-order valence-corrected chi connectivity index (χ2v) is 8.60. The highest BCUT2D eigenvalue weighted by atomic mass is 32.2. The van der Waals surface area contributed by atoms with Gasteiger partial charge < -0.3 is 5.11 Å². The van der Waals surface area contributed by atoms with E-state index in [0.717, 1.165) is 34.9 Å². The van der Waals surface area contributed by atoms with Gasteiger partial charge in [0.05, 0.1) is 15.8 Å². The molecule has 1 N–H and O–H groups in total. The van der Waals surface area contributed by atoms with E-state index in [-0.39, 0.29) is 0 Å². The van der Waals surface area contributed by atoms with Crippen molar-refractivity contribution in [3.8, 4) is 0 Å². The van der Waals surface area contributed by atoms with Crippen molar-refractivity contribution in [3.63, 3.8) is 0 Å². The van der Waals surface area contributed by atoms with Crippen LogP contribution in [0.4, 0.5) is 0 Å². The predicted octanol–water partition coefficient (Wildman–Crippen LogP) is 4.43. The number of nitrogens with zero attached hydrogens (tertiary/aromatic N) is 1. The molecule has 0 bridgehead atoms. The Kier molecular flexibility index (Phi) is 4.60. The van der Waals surface area contributed by atoms with Crippen LogP contribution in [-0.2, 0) is 0 Å². The van der Waals surface area contributed by atoms with Gasteiger partial charge in [0.2, 0.25) is 0 Å².